The summed E-state index contributed by atoms with van der Waals surface area (Å²) >= 11 is 0. The summed E-state index contributed by atoms with van der Waals surface area (Å²) in [6.07, 6.45) is 2.54. The molecule has 1 atom stereocenters. The summed E-state index contributed by atoms with van der Waals surface area (Å²) < 4.78 is 13.3. The van der Waals surface area contributed by atoms with Gasteiger partial charge in [0.1, 0.15) is 11.9 Å². The number of aliphatic carboxylic acids is 1. The first-order valence-corrected chi connectivity index (χ1v) is 9.30. The van der Waals surface area contributed by atoms with E-state index in [1.807, 2.05) is 0 Å². The van der Waals surface area contributed by atoms with Crippen LogP contribution in [0.4, 0.5) is 4.39 Å². The van der Waals surface area contributed by atoms with Crippen LogP contribution in [0.2, 0.25) is 0 Å². The average molecular weight is 376 g/mol. The van der Waals surface area contributed by atoms with Crippen molar-refractivity contribution in [1.82, 2.24) is 9.80 Å². The fraction of sp³-hybridized carbons (Fsp3) is 0.550. The van der Waals surface area contributed by atoms with E-state index in [9.17, 15) is 23.9 Å². The Morgan fingerprint density at radius 3 is 2.48 bits per heavy atom. The van der Waals surface area contributed by atoms with Crippen molar-refractivity contribution in [2.75, 3.05) is 19.6 Å². The molecule has 6 nitrogen and oxygen atoms in total. The molecule has 2 aliphatic heterocycles. The molecule has 0 bridgehead atoms. The second-order valence-electron chi connectivity index (χ2n) is 7.79. The number of amides is 2. The van der Waals surface area contributed by atoms with Crippen molar-refractivity contribution < 1.29 is 23.9 Å². The molecule has 2 heterocycles. The van der Waals surface area contributed by atoms with E-state index in [-0.39, 0.29) is 23.0 Å². The van der Waals surface area contributed by atoms with Crippen molar-refractivity contribution >= 4 is 17.8 Å². The number of carbonyl (C=O) groups is 3. The SMILES string of the molecule is Cc1cc(F)ccc1C(=O)N1CCC2(CCC(=O)N([C@@H](C)C(=O)O)C2)CC1. The van der Waals surface area contributed by atoms with E-state index in [2.05, 4.69) is 0 Å². The lowest BCUT2D eigenvalue weighted by atomic mass is 9.72. The molecule has 0 radical (unpaired) electrons. The minimum absolute atomic E-state index is 0.106. The molecular formula is C20H25FN2O4. The van der Waals surface area contributed by atoms with Gasteiger partial charge in [-0.15, -0.1) is 0 Å². The molecule has 3 rings (SSSR count). The first kappa shape index (κ1) is 19.3. The molecule has 1 spiro atoms. The molecule has 2 fully saturated rings. The number of rotatable bonds is 3. The molecule has 0 aliphatic carbocycles. The van der Waals surface area contributed by atoms with E-state index in [0.717, 1.165) is 19.3 Å². The van der Waals surface area contributed by atoms with Crippen LogP contribution in [0.15, 0.2) is 18.2 Å². The van der Waals surface area contributed by atoms with Crippen LogP contribution in [0.1, 0.15) is 48.5 Å². The molecule has 1 aromatic rings. The number of aryl methyl sites for hydroxylation is 1. The smallest absolute Gasteiger partial charge is 0.326 e. The van der Waals surface area contributed by atoms with Gasteiger partial charge in [0, 0.05) is 31.6 Å². The summed E-state index contributed by atoms with van der Waals surface area (Å²) in [4.78, 5) is 39.5. The molecule has 0 saturated carbocycles. The van der Waals surface area contributed by atoms with Crippen molar-refractivity contribution in [3.63, 3.8) is 0 Å². The predicted octanol–water partition coefficient (Wildman–Crippen LogP) is 2.45. The van der Waals surface area contributed by atoms with Crippen molar-refractivity contribution in [2.24, 2.45) is 5.41 Å². The first-order valence-electron chi connectivity index (χ1n) is 9.30. The predicted molar refractivity (Wildman–Crippen MR) is 96.8 cm³/mol. The second kappa shape index (κ2) is 7.29. The summed E-state index contributed by atoms with van der Waals surface area (Å²) in [5.41, 5.74) is 0.990. The van der Waals surface area contributed by atoms with Gasteiger partial charge in [0.05, 0.1) is 0 Å². The molecule has 2 aliphatic rings. The summed E-state index contributed by atoms with van der Waals surface area (Å²) in [6.45, 7) is 4.80. The highest BCUT2D eigenvalue weighted by atomic mass is 19.1. The Bertz CT molecular complexity index is 771. The average Bonchev–Trinajstić information content (AvgIpc) is 2.63. The Morgan fingerprint density at radius 1 is 1.22 bits per heavy atom. The van der Waals surface area contributed by atoms with Crippen LogP contribution in [-0.2, 0) is 9.59 Å². The zero-order valence-corrected chi connectivity index (χ0v) is 15.7. The number of carbonyl (C=O) groups excluding carboxylic acids is 2. The lowest BCUT2D eigenvalue weighted by Gasteiger charge is -2.48. The largest absolute Gasteiger partial charge is 0.480 e. The number of piperidine rings is 2. The minimum atomic E-state index is -1.00. The number of hydrogen-bond donors (Lipinski definition) is 1. The molecule has 2 saturated heterocycles. The summed E-state index contributed by atoms with van der Waals surface area (Å²) in [6, 6.07) is 3.34. The van der Waals surface area contributed by atoms with Crippen LogP contribution in [0.3, 0.4) is 0 Å². The Labute approximate surface area is 157 Å². The molecular weight excluding hydrogens is 351 g/mol. The molecule has 1 N–H and O–H groups in total. The number of carboxylic acid groups (broad SMARTS) is 1. The summed E-state index contributed by atoms with van der Waals surface area (Å²) in [7, 11) is 0. The molecule has 27 heavy (non-hydrogen) atoms. The topological polar surface area (TPSA) is 77.9 Å². The maximum atomic E-state index is 13.3. The molecule has 2 amide bonds. The van der Waals surface area contributed by atoms with E-state index in [4.69, 9.17) is 0 Å². The van der Waals surface area contributed by atoms with Gasteiger partial charge in [-0.3, -0.25) is 9.59 Å². The minimum Gasteiger partial charge on any atom is -0.480 e. The second-order valence-corrected chi connectivity index (χ2v) is 7.79. The maximum absolute atomic E-state index is 13.3. The van der Waals surface area contributed by atoms with Crippen LogP contribution in [0.5, 0.6) is 0 Å². The molecule has 146 valence electrons. The van der Waals surface area contributed by atoms with Crippen molar-refractivity contribution in [2.45, 2.75) is 45.6 Å². The molecule has 1 aromatic carbocycles. The van der Waals surface area contributed by atoms with E-state index in [0.29, 0.717) is 37.2 Å². The van der Waals surface area contributed by atoms with Crippen LogP contribution < -0.4 is 0 Å². The fourth-order valence-electron chi connectivity index (χ4n) is 4.16. The summed E-state index contributed by atoms with van der Waals surface area (Å²) in [5.74, 6) is -1.58. The first-order chi connectivity index (χ1) is 12.7. The van der Waals surface area contributed by atoms with E-state index < -0.39 is 12.0 Å². The maximum Gasteiger partial charge on any atom is 0.326 e. The number of benzene rings is 1. The zero-order valence-electron chi connectivity index (χ0n) is 15.7. The molecule has 7 heteroatoms. The van der Waals surface area contributed by atoms with E-state index in [1.165, 1.54) is 30.0 Å². The quantitative estimate of drug-likeness (QED) is 0.879. The van der Waals surface area contributed by atoms with Crippen LogP contribution in [-0.4, -0.2) is 58.4 Å². The van der Waals surface area contributed by atoms with Gasteiger partial charge < -0.3 is 14.9 Å². The van der Waals surface area contributed by atoms with Gasteiger partial charge in [0.2, 0.25) is 5.91 Å². The van der Waals surface area contributed by atoms with Crippen LogP contribution in [0, 0.1) is 18.2 Å². The molecule has 0 unspecified atom stereocenters. The monoisotopic (exact) mass is 376 g/mol. The highest BCUT2D eigenvalue weighted by Crippen LogP contribution is 2.41. The van der Waals surface area contributed by atoms with Crippen molar-refractivity contribution in [3.8, 4) is 0 Å². The van der Waals surface area contributed by atoms with Gasteiger partial charge in [-0.2, -0.15) is 0 Å². The Hall–Kier alpha value is -2.44. The van der Waals surface area contributed by atoms with Crippen molar-refractivity contribution in [1.29, 1.82) is 0 Å². The molecule has 0 aromatic heterocycles. The van der Waals surface area contributed by atoms with Gasteiger partial charge in [0.25, 0.3) is 5.91 Å². The van der Waals surface area contributed by atoms with E-state index >= 15 is 0 Å². The standard InChI is InChI=1S/C20H25FN2O4/c1-13-11-15(21)3-4-16(13)18(25)22-9-7-20(8-10-22)6-5-17(24)23(12-20)14(2)19(26)27/h3-4,11,14H,5-10,12H2,1-2H3,(H,26,27)/t14-/m0/s1. The van der Waals surface area contributed by atoms with Crippen LogP contribution >= 0.6 is 0 Å². The number of nitrogens with zero attached hydrogens (tertiary/aromatic N) is 2. The van der Waals surface area contributed by atoms with Gasteiger partial charge in [-0.1, -0.05) is 0 Å². The Balaban J connectivity index is 1.68. The zero-order chi connectivity index (χ0) is 19.8. The third-order valence-corrected chi connectivity index (χ3v) is 6.05. The fourth-order valence-corrected chi connectivity index (χ4v) is 4.16. The summed E-state index contributed by atoms with van der Waals surface area (Å²) in [5, 5.41) is 9.25. The van der Waals surface area contributed by atoms with Gasteiger partial charge in [-0.05, 0) is 62.3 Å². The van der Waals surface area contributed by atoms with Crippen molar-refractivity contribution in [3.05, 3.63) is 35.1 Å². The number of likely N-dealkylation sites (tertiary alicyclic amines) is 2. The third kappa shape index (κ3) is 3.82. The lowest BCUT2D eigenvalue weighted by molar-refractivity contribution is -0.154. The highest BCUT2D eigenvalue weighted by Gasteiger charge is 2.44. The van der Waals surface area contributed by atoms with Gasteiger partial charge in [0.15, 0.2) is 0 Å². The Morgan fingerprint density at radius 2 is 1.89 bits per heavy atom. The third-order valence-electron chi connectivity index (χ3n) is 6.05. The number of hydrogen-bond acceptors (Lipinski definition) is 3. The normalized spacial score (nSPS) is 20.6. The van der Waals surface area contributed by atoms with E-state index in [1.54, 1.807) is 11.8 Å². The highest BCUT2D eigenvalue weighted by molar-refractivity contribution is 5.95. The Kier molecular flexibility index (Phi) is 5.22. The lowest BCUT2D eigenvalue weighted by Crippen LogP contribution is -2.55. The number of carboxylic acids is 1. The van der Waals surface area contributed by atoms with Gasteiger partial charge in [-0.25, -0.2) is 9.18 Å². The van der Waals surface area contributed by atoms with Gasteiger partial charge >= 0.3 is 5.97 Å². The number of halogens is 1. The van der Waals surface area contributed by atoms with Crippen LogP contribution in [0.25, 0.3) is 0 Å².